The van der Waals surface area contributed by atoms with Gasteiger partial charge in [-0.2, -0.15) is 0 Å². The molecule has 1 heterocycles. The Kier molecular flexibility index (Phi) is 4.03. The first kappa shape index (κ1) is 9.43. The second kappa shape index (κ2) is 4.28. The quantitative estimate of drug-likeness (QED) is 0.617. The van der Waals surface area contributed by atoms with Gasteiger partial charge in [0, 0.05) is 10.4 Å². The molecular formula is C7H13NOS. The third-order valence-electron chi connectivity index (χ3n) is 1.17. The number of H-pyrrole nitrogens is 1. The van der Waals surface area contributed by atoms with E-state index in [-0.39, 0.29) is 5.56 Å². The topological polar surface area (TPSA) is 32.9 Å². The number of hydrogen-bond acceptors (Lipinski definition) is 2. The summed E-state index contributed by atoms with van der Waals surface area (Å²) in [7, 11) is 0. The van der Waals surface area contributed by atoms with Crippen molar-refractivity contribution in [3.8, 4) is 0 Å². The minimum Gasteiger partial charge on any atom is -0.277 e. The number of nitrogens with one attached hydrogen (secondary N) is 1. The van der Waals surface area contributed by atoms with Gasteiger partial charge in [0.05, 0.1) is 0 Å². The fraction of sp³-hybridized carbons (Fsp3) is 0.571. The molecule has 0 spiro atoms. The maximum absolute atomic E-state index is 10.6. The minimum atomic E-state index is 0.0486. The van der Waals surface area contributed by atoms with Crippen LogP contribution in [0.3, 0.4) is 0 Å². The zero-order valence-electron chi connectivity index (χ0n) is 6.82. The van der Waals surface area contributed by atoms with Crippen LogP contribution in [0.1, 0.15) is 24.3 Å². The first-order chi connectivity index (χ1) is 4.72. The molecule has 1 aromatic rings. The Labute approximate surface area is 65.1 Å². The highest BCUT2D eigenvalue weighted by Gasteiger charge is 1.96. The number of aromatic amines is 1. The molecule has 0 bridgehead atoms. The smallest absolute Gasteiger partial charge is 0.261 e. The lowest BCUT2D eigenvalue weighted by Gasteiger charge is -1.76. The summed E-state index contributed by atoms with van der Waals surface area (Å²) in [5.41, 5.74) is 0.891. The molecule has 1 N–H and O–H groups in total. The van der Waals surface area contributed by atoms with E-state index in [0.29, 0.717) is 0 Å². The lowest BCUT2D eigenvalue weighted by atomic mass is 10.3. The molecule has 3 heteroatoms. The van der Waals surface area contributed by atoms with Crippen LogP contribution >= 0.6 is 11.5 Å². The maximum atomic E-state index is 10.6. The van der Waals surface area contributed by atoms with Crippen molar-refractivity contribution in [1.82, 2.24) is 4.37 Å². The van der Waals surface area contributed by atoms with Gasteiger partial charge in [-0.3, -0.25) is 9.17 Å². The second-order valence-electron chi connectivity index (χ2n) is 1.71. The molecule has 0 saturated carbocycles. The average Bonchev–Trinajstić information content (AvgIpc) is 2.25. The third-order valence-corrected chi connectivity index (χ3v) is 2.07. The van der Waals surface area contributed by atoms with Gasteiger partial charge in [0.2, 0.25) is 0 Å². The molecule has 1 aromatic heterocycles. The van der Waals surface area contributed by atoms with E-state index in [1.807, 2.05) is 27.7 Å². The van der Waals surface area contributed by atoms with Crippen molar-refractivity contribution < 1.29 is 0 Å². The van der Waals surface area contributed by atoms with Crippen molar-refractivity contribution in [2.75, 3.05) is 0 Å². The normalized spacial score (nSPS) is 8.40. The molecule has 0 aromatic carbocycles. The standard InChI is InChI=1S/C5H7NOS.C2H6/c1-3-4(2)8-6-5(3)7;1-2/h1-2H3,(H,6,7);1-2H3. The Morgan fingerprint density at radius 2 is 1.80 bits per heavy atom. The molecule has 0 atom stereocenters. The van der Waals surface area contributed by atoms with E-state index in [2.05, 4.69) is 4.37 Å². The molecule has 0 aliphatic heterocycles. The van der Waals surface area contributed by atoms with Crippen LogP contribution < -0.4 is 5.56 Å². The summed E-state index contributed by atoms with van der Waals surface area (Å²) in [6, 6.07) is 0. The minimum absolute atomic E-state index is 0.0486. The maximum Gasteiger partial charge on any atom is 0.261 e. The van der Waals surface area contributed by atoms with Gasteiger partial charge < -0.3 is 0 Å². The molecule has 0 fully saturated rings. The number of aryl methyl sites for hydroxylation is 1. The van der Waals surface area contributed by atoms with Crippen LogP contribution in [0.25, 0.3) is 0 Å². The fourth-order valence-electron chi connectivity index (χ4n) is 0.436. The summed E-state index contributed by atoms with van der Waals surface area (Å²) in [5.74, 6) is 0. The molecule has 1 rings (SSSR count). The zero-order valence-corrected chi connectivity index (χ0v) is 7.63. The molecule has 0 aliphatic carbocycles. The summed E-state index contributed by atoms with van der Waals surface area (Å²) in [6.07, 6.45) is 0. The number of hydrogen-bond donors (Lipinski definition) is 1. The predicted octanol–water partition coefficient (Wildman–Crippen LogP) is 2.08. The molecule has 0 aliphatic rings. The van der Waals surface area contributed by atoms with Gasteiger partial charge in [-0.15, -0.1) is 0 Å². The van der Waals surface area contributed by atoms with Crippen LogP contribution in [0.15, 0.2) is 4.79 Å². The van der Waals surface area contributed by atoms with Gasteiger partial charge in [-0.05, 0) is 13.8 Å². The van der Waals surface area contributed by atoms with Gasteiger partial charge in [-0.25, -0.2) is 0 Å². The third kappa shape index (κ3) is 1.99. The lowest BCUT2D eigenvalue weighted by molar-refractivity contribution is 1.31. The summed E-state index contributed by atoms with van der Waals surface area (Å²) in [6.45, 7) is 7.75. The molecular weight excluding hydrogens is 146 g/mol. The SMILES string of the molecule is CC.Cc1s[nH]c(=O)c1C. The van der Waals surface area contributed by atoms with E-state index in [1.54, 1.807) is 0 Å². The summed E-state index contributed by atoms with van der Waals surface area (Å²) >= 11 is 1.39. The van der Waals surface area contributed by atoms with Crippen LogP contribution in [0.2, 0.25) is 0 Å². The van der Waals surface area contributed by atoms with Crippen molar-refractivity contribution in [3.63, 3.8) is 0 Å². The van der Waals surface area contributed by atoms with E-state index < -0.39 is 0 Å². The summed E-state index contributed by atoms with van der Waals surface area (Å²) in [4.78, 5) is 11.7. The Bertz CT molecular complexity index is 236. The largest absolute Gasteiger partial charge is 0.277 e. The first-order valence-electron chi connectivity index (χ1n) is 3.36. The van der Waals surface area contributed by atoms with E-state index in [4.69, 9.17) is 0 Å². The Hall–Kier alpha value is -0.570. The van der Waals surface area contributed by atoms with Gasteiger partial charge in [0.1, 0.15) is 0 Å². The highest BCUT2D eigenvalue weighted by molar-refractivity contribution is 7.05. The van der Waals surface area contributed by atoms with Crippen molar-refractivity contribution in [2.45, 2.75) is 27.7 Å². The summed E-state index contributed by atoms with van der Waals surface area (Å²) in [5, 5.41) is 0. The van der Waals surface area contributed by atoms with Crippen LogP contribution in [0.4, 0.5) is 0 Å². The monoisotopic (exact) mass is 159 g/mol. The molecule has 10 heavy (non-hydrogen) atoms. The van der Waals surface area contributed by atoms with Crippen molar-refractivity contribution in [3.05, 3.63) is 20.8 Å². The number of rotatable bonds is 0. The average molecular weight is 159 g/mol. The molecule has 0 radical (unpaired) electrons. The second-order valence-corrected chi connectivity index (χ2v) is 2.74. The molecule has 0 saturated heterocycles. The summed E-state index contributed by atoms with van der Waals surface area (Å²) < 4.78 is 2.62. The zero-order chi connectivity index (χ0) is 8.15. The van der Waals surface area contributed by atoms with Gasteiger partial charge >= 0.3 is 0 Å². The fourth-order valence-corrected chi connectivity index (χ4v) is 1.08. The Morgan fingerprint density at radius 3 is 1.90 bits per heavy atom. The van der Waals surface area contributed by atoms with E-state index in [1.165, 1.54) is 11.5 Å². The van der Waals surface area contributed by atoms with Crippen LogP contribution in [-0.2, 0) is 0 Å². The molecule has 2 nitrogen and oxygen atoms in total. The first-order valence-corrected chi connectivity index (χ1v) is 4.18. The Balaban J connectivity index is 0.000000371. The van der Waals surface area contributed by atoms with Crippen molar-refractivity contribution in [2.24, 2.45) is 0 Å². The van der Waals surface area contributed by atoms with Gasteiger partial charge in [0.15, 0.2) is 0 Å². The highest BCUT2D eigenvalue weighted by Crippen LogP contribution is 2.02. The molecule has 0 amide bonds. The van der Waals surface area contributed by atoms with Gasteiger partial charge in [0.25, 0.3) is 5.56 Å². The van der Waals surface area contributed by atoms with Crippen molar-refractivity contribution in [1.29, 1.82) is 0 Å². The number of aromatic nitrogens is 1. The van der Waals surface area contributed by atoms with Crippen molar-refractivity contribution >= 4 is 11.5 Å². The van der Waals surface area contributed by atoms with Gasteiger partial charge in [-0.1, -0.05) is 25.4 Å². The van der Waals surface area contributed by atoms with Crippen LogP contribution in [0, 0.1) is 13.8 Å². The lowest BCUT2D eigenvalue weighted by Crippen LogP contribution is -1.99. The van der Waals surface area contributed by atoms with Crippen LogP contribution in [-0.4, -0.2) is 4.37 Å². The Morgan fingerprint density at radius 1 is 1.30 bits per heavy atom. The van der Waals surface area contributed by atoms with E-state index in [0.717, 1.165) is 10.4 Å². The molecule has 0 unspecified atom stereocenters. The highest BCUT2D eigenvalue weighted by atomic mass is 32.1. The van der Waals surface area contributed by atoms with E-state index >= 15 is 0 Å². The van der Waals surface area contributed by atoms with E-state index in [9.17, 15) is 4.79 Å². The molecule has 58 valence electrons. The van der Waals surface area contributed by atoms with Crippen LogP contribution in [0.5, 0.6) is 0 Å². The predicted molar refractivity (Wildman–Crippen MR) is 45.8 cm³/mol.